The first-order chi connectivity index (χ1) is 8.65. The lowest BCUT2D eigenvalue weighted by molar-refractivity contribution is -0.131. The fraction of sp³-hybridized carbons (Fsp3) is 0.462. The van der Waals surface area contributed by atoms with Gasteiger partial charge in [0.05, 0.1) is 0 Å². The van der Waals surface area contributed by atoms with Crippen LogP contribution in [-0.4, -0.2) is 40.1 Å². The van der Waals surface area contributed by atoms with Crippen molar-refractivity contribution in [2.24, 2.45) is 0 Å². The Morgan fingerprint density at radius 1 is 1.67 bits per heavy atom. The summed E-state index contributed by atoms with van der Waals surface area (Å²) >= 11 is 3.72. The molecule has 1 aromatic heterocycles. The number of thiophene rings is 1. The Bertz CT molecular complexity index is 442. The number of aliphatic carboxylic acids is 1. The van der Waals surface area contributed by atoms with Gasteiger partial charge in [-0.25, -0.2) is 4.79 Å². The lowest BCUT2D eigenvalue weighted by atomic mass is 10.2. The highest BCUT2D eigenvalue weighted by Gasteiger charge is 2.18. The van der Waals surface area contributed by atoms with E-state index in [1.54, 1.807) is 17.4 Å². The van der Waals surface area contributed by atoms with E-state index >= 15 is 0 Å². The summed E-state index contributed by atoms with van der Waals surface area (Å²) in [4.78, 5) is 14.2. The molecule has 1 aromatic rings. The molecule has 1 aliphatic rings. The monoisotopic (exact) mass is 283 g/mol. The molecule has 1 aliphatic heterocycles. The lowest BCUT2D eigenvalue weighted by Gasteiger charge is -2.32. The van der Waals surface area contributed by atoms with Crippen LogP contribution in [0.3, 0.4) is 0 Å². The highest BCUT2D eigenvalue weighted by Crippen LogP contribution is 2.22. The van der Waals surface area contributed by atoms with Crippen molar-refractivity contribution in [1.82, 2.24) is 4.90 Å². The normalized spacial score (nSPS) is 21.5. The predicted octanol–water partition coefficient (Wildman–Crippen LogP) is 2.78. The maximum Gasteiger partial charge on any atom is 0.328 e. The Labute approximate surface area is 115 Å². The molecule has 1 atom stereocenters. The van der Waals surface area contributed by atoms with E-state index in [4.69, 9.17) is 5.11 Å². The molecule has 0 aromatic carbocycles. The standard InChI is InChI=1S/C13H17NO2S2/c1-10-8-17-5-4-14(10)7-12-6-11(9-18-12)2-3-13(15)16/h2-3,6,9-10H,4-5,7-8H2,1H3,(H,15,16). The van der Waals surface area contributed by atoms with Crippen LogP contribution in [0.1, 0.15) is 17.4 Å². The van der Waals surface area contributed by atoms with Crippen molar-refractivity contribution >= 4 is 35.1 Å². The van der Waals surface area contributed by atoms with Crippen molar-refractivity contribution in [3.63, 3.8) is 0 Å². The molecule has 0 bridgehead atoms. The molecular formula is C13H17NO2S2. The zero-order valence-electron chi connectivity index (χ0n) is 10.3. The van der Waals surface area contributed by atoms with Crippen LogP contribution in [0, 0.1) is 0 Å². The molecule has 98 valence electrons. The molecule has 1 unspecified atom stereocenters. The van der Waals surface area contributed by atoms with Crippen molar-refractivity contribution in [2.45, 2.75) is 19.5 Å². The molecule has 1 fully saturated rings. The van der Waals surface area contributed by atoms with Gasteiger partial charge in [0.25, 0.3) is 0 Å². The van der Waals surface area contributed by atoms with Gasteiger partial charge in [0.15, 0.2) is 0 Å². The quantitative estimate of drug-likeness (QED) is 0.863. The van der Waals surface area contributed by atoms with Gasteiger partial charge in [0.1, 0.15) is 0 Å². The van der Waals surface area contributed by atoms with Crippen molar-refractivity contribution in [1.29, 1.82) is 0 Å². The number of thioether (sulfide) groups is 1. The second kappa shape index (κ2) is 6.41. The first kappa shape index (κ1) is 13.6. The maximum atomic E-state index is 10.4. The number of rotatable bonds is 4. The largest absolute Gasteiger partial charge is 0.478 e. The van der Waals surface area contributed by atoms with Gasteiger partial charge in [0, 0.05) is 41.6 Å². The van der Waals surface area contributed by atoms with Crippen molar-refractivity contribution in [3.8, 4) is 0 Å². The Morgan fingerprint density at radius 3 is 3.22 bits per heavy atom. The third-order valence-electron chi connectivity index (χ3n) is 2.96. The van der Waals surface area contributed by atoms with Crippen LogP contribution >= 0.6 is 23.1 Å². The first-order valence-electron chi connectivity index (χ1n) is 5.95. The van der Waals surface area contributed by atoms with Gasteiger partial charge in [-0.2, -0.15) is 11.8 Å². The van der Waals surface area contributed by atoms with Crippen molar-refractivity contribution in [2.75, 3.05) is 18.1 Å². The SMILES string of the molecule is CC1CSCCN1Cc1cc(C=CC(=O)O)cs1. The zero-order valence-corrected chi connectivity index (χ0v) is 12.0. The van der Waals surface area contributed by atoms with Gasteiger partial charge >= 0.3 is 5.97 Å². The highest BCUT2D eigenvalue weighted by molar-refractivity contribution is 7.99. The van der Waals surface area contributed by atoms with E-state index in [0.717, 1.165) is 18.7 Å². The van der Waals surface area contributed by atoms with E-state index in [0.29, 0.717) is 6.04 Å². The summed E-state index contributed by atoms with van der Waals surface area (Å²) in [6.07, 6.45) is 2.84. The van der Waals surface area contributed by atoms with Gasteiger partial charge in [-0.15, -0.1) is 11.3 Å². The molecule has 0 amide bonds. The van der Waals surface area contributed by atoms with Gasteiger partial charge in [0.2, 0.25) is 0 Å². The van der Waals surface area contributed by atoms with Crippen LogP contribution in [0.5, 0.6) is 0 Å². The Kier molecular flexibility index (Phi) is 4.86. The van der Waals surface area contributed by atoms with Crippen molar-refractivity contribution in [3.05, 3.63) is 28.0 Å². The van der Waals surface area contributed by atoms with Crippen LogP contribution in [0.15, 0.2) is 17.5 Å². The minimum absolute atomic E-state index is 0.629. The number of nitrogens with zero attached hydrogens (tertiary/aromatic N) is 1. The van der Waals surface area contributed by atoms with Gasteiger partial charge < -0.3 is 5.11 Å². The van der Waals surface area contributed by atoms with E-state index in [-0.39, 0.29) is 0 Å². The average Bonchev–Trinajstić information content (AvgIpc) is 2.77. The Hall–Kier alpha value is -0.780. The number of carbonyl (C=O) groups is 1. The molecule has 3 nitrogen and oxygen atoms in total. The molecule has 1 saturated heterocycles. The molecule has 1 N–H and O–H groups in total. The smallest absolute Gasteiger partial charge is 0.328 e. The van der Waals surface area contributed by atoms with Crippen LogP contribution in [0.4, 0.5) is 0 Å². The van der Waals surface area contributed by atoms with E-state index in [2.05, 4.69) is 17.9 Å². The second-order valence-corrected chi connectivity index (χ2v) is 6.56. The zero-order chi connectivity index (χ0) is 13.0. The van der Waals surface area contributed by atoms with Crippen LogP contribution in [0.2, 0.25) is 0 Å². The molecular weight excluding hydrogens is 266 g/mol. The minimum atomic E-state index is -0.899. The van der Waals surface area contributed by atoms with Crippen LogP contribution in [0.25, 0.3) is 6.08 Å². The van der Waals surface area contributed by atoms with Crippen molar-refractivity contribution < 1.29 is 9.90 Å². The third kappa shape index (κ3) is 3.86. The molecule has 2 rings (SSSR count). The minimum Gasteiger partial charge on any atom is -0.478 e. The number of carboxylic acid groups (broad SMARTS) is 1. The fourth-order valence-corrected chi connectivity index (χ4v) is 3.89. The molecule has 0 radical (unpaired) electrons. The number of hydrogen-bond donors (Lipinski definition) is 1. The Morgan fingerprint density at radius 2 is 2.50 bits per heavy atom. The van der Waals surface area contributed by atoms with Gasteiger partial charge in [-0.05, 0) is 30.0 Å². The molecule has 0 saturated carbocycles. The maximum absolute atomic E-state index is 10.4. The molecule has 2 heterocycles. The van der Waals surface area contributed by atoms with E-state index in [1.807, 2.05) is 17.1 Å². The summed E-state index contributed by atoms with van der Waals surface area (Å²) < 4.78 is 0. The number of hydrogen-bond acceptors (Lipinski definition) is 4. The fourth-order valence-electron chi connectivity index (χ4n) is 1.93. The molecule has 0 aliphatic carbocycles. The Balaban J connectivity index is 1.95. The van der Waals surface area contributed by atoms with Gasteiger partial charge in [-0.1, -0.05) is 0 Å². The molecule has 0 spiro atoms. The van der Waals surface area contributed by atoms with E-state index < -0.39 is 5.97 Å². The summed E-state index contributed by atoms with van der Waals surface area (Å²) in [6, 6.07) is 2.71. The highest BCUT2D eigenvalue weighted by atomic mass is 32.2. The lowest BCUT2D eigenvalue weighted by Crippen LogP contribution is -2.39. The summed E-state index contributed by atoms with van der Waals surface area (Å²) in [5, 5.41) is 10.6. The second-order valence-electron chi connectivity index (χ2n) is 4.41. The summed E-state index contributed by atoms with van der Waals surface area (Å²) in [6.45, 7) is 4.39. The first-order valence-corrected chi connectivity index (χ1v) is 7.99. The van der Waals surface area contributed by atoms with E-state index in [9.17, 15) is 4.79 Å². The third-order valence-corrected chi connectivity index (χ3v) is 5.09. The molecule has 5 heteroatoms. The van der Waals surface area contributed by atoms with Gasteiger partial charge in [-0.3, -0.25) is 4.90 Å². The average molecular weight is 283 g/mol. The topological polar surface area (TPSA) is 40.5 Å². The molecule has 18 heavy (non-hydrogen) atoms. The summed E-state index contributed by atoms with van der Waals surface area (Å²) in [7, 11) is 0. The van der Waals surface area contributed by atoms with Crippen LogP contribution in [-0.2, 0) is 11.3 Å². The van der Waals surface area contributed by atoms with E-state index in [1.165, 1.54) is 22.5 Å². The number of carboxylic acids is 1. The van der Waals surface area contributed by atoms with Crippen LogP contribution < -0.4 is 0 Å². The summed E-state index contributed by atoms with van der Waals surface area (Å²) in [5.74, 6) is 1.52. The predicted molar refractivity (Wildman–Crippen MR) is 78.2 cm³/mol. The summed E-state index contributed by atoms with van der Waals surface area (Å²) in [5.41, 5.74) is 0.983.